The highest BCUT2D eigenvalue weighted by Gasteiger charge is 2.29. The lowest BCUT2D eigenvalue weighted by Gasteiger charge is -2.43. The van der Waals surface area contributed by atoms with Crippen LogP contribution >= 0.6 is 15.9 Å². The van der Waals surface area contributed by atoms with Crippen LogP contribution in [0.25, 0.3) is 0 Å². The topological polar surface area (TPSA) is 35.5 Å². The highest BCUT2D eigenvalue weighted by atomic mass is 79.9. The van der Waals surface area contributed by atoms with Crippen LogP contribution in [-0.2, 0) is 6.54 Å². The predicted octanol–water partition coefficient (Wildman–Crippen LogP) is 2.34. The van der Waals surface area contributed by atoms with Gasteiger partial charge >= 0.3 is 0 Å². The number of nitrogens with zero attached hydrogens (tertiary/aromatic N) is 1. The van der Waals surface area contributed by atoms with Gasteiger partial charge in [0, 0.05) is 41.8 Å². The van der Waals surface area contributed by atoms with E-state index in [1.807, 2.05) is 12.1 Å². The third-order valence-electron chi connectivity index (χ3n) is 3.37. The number of rotatable bonds is 2. The summed E-state index contributed by atoms with van der Waals surface area (Å²) < 4.78 is 1.01. The van der Waals surface area contributed by atoms with Crippen molar-refractivity contribution in [3.63, 3.8) is 0 Å². The average Bonchev–Trinajstić information content (AvgIpc) is 2.26. The third-order valence-corrected chi connectivity index (χ3v) is 3.87. The normalized spacial score (nSPS) is 20.4. The van der Waals surface area contributed by atoms with E-state index in [0.717, 1.165) is 36.2 Å². The predicted molar refractivity (Wildman–Crippen MR) is 73.2 cm³/mol. The zero-order valence-electron chi connectivity index (χ0n) is 10.3. The summed E-state index contributed by atoms with van der Waals surface area (Å²) in [5.74, 6) is 0.377. The van der Waals surface area contributed by atoms with Gasteiger partial charge in [0.1, 0.15) is 5.75 Å². The second-order valence-corrected chi connectivity index (χ2v) is 6.10. The summed E-state index contributed by atoms with van der Waals surface area (Å²) in [7, 11) is 0. The Hall–Kier alpha value is -0.580. The molecule has 1 fully saturated rings. The fourth-order valence-corrected chi connectivity index (χ4v) is 2.61. The fourth-order valence-electron chi connectivity index (χ4n) is 2.20. The Morgan fingerprint density at radius 1 is 1.47 bits per heavy atom. The van der Waals surface area contributed by atoms with E-state index in [-0.39, 0.29) is 5.54 Å². The summed E-state index contributed by atoms with van der Waals surface area (Å²) in [6, 6.07) is 5.60. The molecule has 0 bridgehead atoms. The number of piperazine rings is 1. The molecule has 0 radical (unpaired) electrons. The zero-order valence-corrected chi connectivity index (χ0v) is 11.9. The Balaban J connectivity index is 2.16. The van der Waals surface area contributed by atoms with Gasteiger partial charge in [-0.15, -0.1) is 0 Å². The van der Waals surface area contributed by atoms with Gasteiger partial charge in [0.25, 0.3) is 0 Å². The van der Waals surface area contributed by atoms with Crippen LogP contribution in [0.2, 0.25) is 0 Å². The minimum Gasteiger partial charge on any atom is -0.508 e. The molecule has 0 aliphatic carbocycles. The van der Waals surface area contributed by atoms with Crippen molar-refractivity contribution in [3.05, 3.63) is 28.2 Å². The van der Waals surface area contributed by atoms with E-state index in [1.54, 1.807) is 6.07 Å². The van der Waals surface area contributed by atoms with Crippen molar-refractivity contribution in [2.45, 2.75) is 25.9 Å². The van der Waals surface area contributed by atoms with Gasteiger partial charge in [-0.1, -0.05) is 15.9 Å². The Bertz CT molecular complexity index is 406. The molecule has 2 rings (SSSR count). The van der Waals surface area contributed by atoms with Crippen molar-refractivity contribution < 1.29 is 5.11 Å². The van der Waals surface area contributed by atoms with E-state index in [9.17, 15) is 5.11 Å². The van der Waals surface area contributed by atoms with Crippen LogP contribution in [0, 0.1) is 0 Å². The number of nitrogens with one attached hydrogen (secondary N) is 1. The van der Waals surface area contributed by atoms with E-state index in [1.165, 1.54) is 0 Å². The number of phenolic OH excluding ortho intramolecular Hbond substituents is 1. The Kier molecular flexibility index (Phi) is 3.76. The molecule has 3 nitrogen and oxygen atoms in total. The average molecular weight is 299 g/mol. The van der Waals surface area contributed by atoms with E-state index in [0.29, 0.717) is 5.75 Å². The molecule has 0 unspecified atom stereocenters. The van der Waals surface area contributed by atoms with Crippen LogP contribution in [0.5, 0.6) is 5.75 Å². The second kappa shape index (κ2) is 4.96. The van der Waals surface area contributed by atoms with E-state index in [4.69, 9.17) is 0 Å². The molecule has 0 saturated carbocycles. The number of aromatic hydroxyl groups is 1. The molecule has 94 valence electrons. The molecular formula is C13H19BrN2O. The molecule has 17 heavy (non-hydrogen) atoms. The largest absolute Gasteiger partial charge is 0.508 e. The third kappa shape index (κ3) is 3.00. The smallest absolute Gasteiger partial charge is 0.120 e. The van der Waals surface area contributed by atoms with Gasteiger partial charge in [-0.3, -0.25) is 4.90 Å². The fraction of sp³-hybridized carbons (Fsp3) is 0.538. The van der Waals surface area contributed by atoms with E-state index >= 15 is 0 Å². The molecule has 2 N–H and O–H groups in total. The maximum atomic E-state index is 9.87. The van der Waals surface area contributed by atoms with E-state index in [2.05, 4.69) is 40.0 Å². The number of hydrogen-bond acceptors (Lipinski definition) is 3. The summed E-state index contributed by atoms with van der Waals surface area (Å²) in [6.07, 6.45) is 0. The van der Waals surface area contributed by atoms with Gasteiger partial charge in [0.15, 0.2) is 0 Å². The maximum absolute atomic E-state index is 9.87. The lowest BCUT2D eigenvalue weighted by atomic mass is 9.99. The molecule has 1 aliphatic rings. The summed E-state index contributed by atoms with van der Waals surface area (Å²) in [5, 5.41) is 13.3. The molecule has 4 heteroatoms. The summed E-state index contributed by atoms with van der Waals surface area (Å²) in [6.45, 7) is 8.27. The van der Waals surface area contributed by atoms with Crippen LogP contribution in [0.4, 0.5) is 0 Å². The van der Waals surface area contributed by atoms with Gasteiger partial charge in [0.05, 0.1) is 0 Å². The number of halogens is 1. The monoisotopic (exact) mass is 298 g/mol. The highest BCUT2D eigenvalue weighted by Crippen LogP contribution is 2.26. The Morgan fingerprint density at radius 2 is 2.24 bits per heavy atom. The van der Waals surface area contributed by atoms with E-state index < -0.39 is 0 Å². The molecule has 1 aromatic carbocycles. The van der Waals surface area contributed by atoms with Crippen LogP contribution in [0.15, 0.2) is 22.7 Å². The van der Waals surface area contributed by atoms with Crippen LogP contribution < -0.4 is 5.32 Å². The zero-order chi connectivity index (χ0) is 12.5. The number of benzene rings is 1. The van der Waals surface area contributed by atoms with Gasteiger partial charge in [-0.25, -0.2) is 0 Å². The second-order valence-electron chi connectivity index (χ2n) is 5.18. The Morgan fingerprint density at radius 3 is 2.94 bits per heavy atom. The first-order chi connectivity index (χ1) is 7.99. The minimum absolute atomic E-state index is 0.132. The SMILES string of the molecule is CC1(C)CNCCN1Cc1cc(Br)ccc1O. The molecule has 0 amide bonds. The van der Waals surface area contributed by atoms with Crippen molar-refractivity contribution in [2.24, 2.45) is 0 Å². The molecule has 1 aliphatic heterocycles. The quantitative estimate of drug-likeness (QED) is 0.880. The lowest BCUT2D eigenvalue weighted by Crippen LogP contribution is -2.57. The molecule has 0 aromatic heterocycles. The van der Waals surface area contributed by atoms with Gasteiger partial charge in [-0.2, -0.15) is 0 Å². The van der Waals surface area contributed by atoms with Crippen molar-refractivity contribution >= 4 is 15.9 Å². The standard InChI is InChI=1S/C13H19BrN2O/c1-13(2)9-15-5-6-16(13)8-10-7-11(14)3-4-12(10)17/h3-4,7,15,17H,5-6,8-9H2,1-2H3. The molecule has 1 saturated heterocycles. The van der Waals surface area contributed by atoms with Crippen LogP contribution in [0.1, 0.15) is 19.4 Å². The summed E-state index contributed by atoms with van der Waals surface area (Å²) >= 11 is 3.45. The van der Waals surface area contributed by atoms with Crippen LogP contribution in [-0.4, -0.2) is 35.2 Å². The summed E-state index contributed by atoms with van der Waals surface area (Å²) in [4.78, 5) is 2.41. The number of hydrogen-bond donors (Lipinski definition) is 2. The van der Waals surface area contributed by atoms with Crippen molar-refractivity contribution in [2.75, 3.05) is 19.6 Å². The molecule has 1 heterocycles. The Labute approximate surface area is 111 Å². The van der Waals surface area contributed by atoms with Crippen LogP contribution in [0.3, 0.4) is 0 Å². The lowest BCUT2D eigenvalue weighted by molar-refractivity contribution is 0.0819. The van der Waals surface area contributed by atoms with Gasteiger partial charge < -0.3 is 10.4 Å². The molecular weight excluding hydrogens is 280 g/mol. The molecule has 0 spiro atoms. The highest BCUT2D eigenvalue weighted by molar-refractivity contribution is 9.10. The molecule has 1 aromatic rings. The first kappa shape index (κ1) is 12.9. The minimum atomic E-state index is 0.132. The van der Waals surface area contributed by atoms with Crippen molar-refractivity contribution in [1.82, 2.24) is 10.2 Å². The maximum Gasteiger partial charge on any atom is 0.120 e. The van der Waals surface area contributed by atoms with Gasteiger partial charge in [-0.05, 0) is 32.0 Å². The molecule has 0 atom stereocenters. The number of phenols is 1. The van der Waals surface area contributed by atoms with Gasteiger partial charge in [0.2, 0.25) is 0 Å². The van der Waals surface area contributed by atoms with Crippen molar-refractivity contribution in [3.8, 4) is 5.75 Å². The first-order valence-corrected chi connectivity index (χ1v) is 6.71. The summed E-state index contributed by atoms with van der Waals surface area (Å²) in [5.41, 5.74) is 1.11. The van der Waals surface area contributed by atoms with Crippen molar-refractivity contribution in [1.29, 1.82) is 0 Å². The first-order valence-electron chi connectivity index (χ1n) is 5.92.